The van der Waals surface area contributed by atoms with Crippen LogP contribution >= 0.6 is 0 Å². The molecule has 1 aromatic carbocycles. The van der Waals surface area contributed by atoms with Crippen molar-refractivity contribution in [2.24, 2.45) is 5.41 Å². The molecule has 0 spiro atoms. The molecule has 0 aliphatic heterocycles. The van der Waals surface area contributed by atoms with Gasteiger partial charge in [0, 0.05) is 12.1 Å². The van der Waals surface area contributed by atoms with Crippen molar-refractivity contribution < 1.29 is 8.78 Å². The first kappa shape index (κ1) is 15.4. The number of hydrogen-bond acceptors (Lipinski definition) is 1. The van der Waals surface area contributed by atoms with E-state index in [1.165, 1.54) is 0 Å². The zero-order valence-corrected chi connectivity index (χ0v) is 12.9. The van der Waals surface area contributed by atoms with Crippen LogP contribution < -0.4 is 5.32 Å². The van der Waals surface area contributed by atoms with Crippen molar-refractivity contribution in [3.8, 4) is 0 Å². The predicted octanol–water partition coefficient (Wildman–Crippen LogP) is 4.68. The van der Waals surface area contributed by atoms with Gasteiger partial charge in [-0.15, -0.1) is 0 Å². The average molecular weight is 281 g/mol. The summed E-state index contributed by atoms with van der Waals surface area (Å²) in [6.07, 6.45) is 3.57. The molecule has 3 heteroatoms. The Labute approximate surface area is 120 Å². The second-order valence-electron chi connectivity index (χ2n) is 6.73. The molecule has 1 unspecified atom stereocenters. The Morgan fingerprint density at radius 2 is 2.00 bits per heavy atom. The first-order valence-corrected chi connectivity index (χ1v) is 7.56. The lowest BCUT2D eigenvalue weighted by Crippen LogP contribution is -2.27. The average Bonchev–Trinajstić information content (AvgIpc) is 2.50. The molecule has 20 heavy (non-hydrogen) atoms. The molecule has 1 N–H and O–H groups in total. The summed E-state index contributed by atoms with van der Waals surface area (Å²) < 4.78 is 28.1. The van der Waals surface area contributed by atoms with Crippen LogP contribution in [0.2, 0.25) is 0 Å². The molecule has 0 heterocycles. The van der Waals surface area contributed by atoms with E-state index in [1.807, 2.05) is 0 Å². The van der Waals surface area contributed by atoms with E-state index in [1.54, 1.807) is 6.92 Å². The monoisotopic (exact) mass is 281 g/mol. The van der Waals surface area contributed by atoms with E-state index in [0.29, 0.717) is 17.5 Å². The minimum Gasteiger partial charge on any atom is -0.310 e. The van der Waals surface area contributed by atoms with Crippen LogP contribution in [0.25, 0.3) is 0 Å². The van der Waals surface area contributed by atoms with Crippen LogP contribution in [0.3, 0.4) is 0 Å². The smallest absolute Gasteiger partial charge is 0.129 e. The Hall–Kier alpha value is -0.960. The molecule has 1 aliphatic rings. The number of hydrogen-bond donors (Lipinski definition) is 1. The van der Waals surface area contributed by atoms with Gasteiger partial charge in [-0.1, -0.05) is 20.8 Å². The highest BCUT2D eigenvalue weighted by Gasteiger charge is 2.32. The van der Waals surface area contributed by atoms with Gasteiger partial charge in [-0.3, -0.25) is 0 Å². The molecule has 2 rings (SSSR count). The fourth-order valence-electron chi connectivity index (χ4n) is 3.23. The van der Waals surface area contributed by atoms with E-state index in [2.05, 4.69) is 26.1 Å². The molecule has 0 bridgehead atoms. The van der Waals surface area contributed by atoms with Crippen LogP contribution in [0.15, 0.2) is 6.07 Å². The third-order valence-corrected chi connectivity index (χ3v) is 4.43. The largest absolute Gasteiger partial charge is 0.310 e. The first-order chi connectivity index (χ1) is 9.35. The Morgan fingerprint density at radius 1 is 1.30 bits per heavy atom. The van der Waals surface area contributed by atoms with Gasteiger partial charge in [-0.25, -0.2) is 8.78 Å². The van der Waals surface area contributed by atoms with Crippen LogP contribution in [-0.2, 0) is 6.42 Å². The minimum absolute atomic E-state index is 0.0487. The quantitative estimate of drug-likeness (QED) is 0.793. The number of benzene rings is 1. The molecule has 0 fully saturated rings. The molecule has 112 valence electrons. The Bertz CT molecular complexity index is 494. The molecule has 0 aromatic heterocycles. The lowest BCUT2D eigenvalue weighted by molar-refractivity contribution is 0.273. The third-order valence-electron chi connectivity index (χ3n) is 4.43. The molecule has 1 nitrogen and oxygen atoms in total. The fourth-order valence-corrected chi connectivity index (χ4v) is 3.23. The molecule has 1 atom stereocenters. The fraction of sp³-hybridized carbons (Fsp3) is 0.647. The van der Waals surface area contributed by atoms with Gasteiger partial charge >= 0.3 is 0 Å². The maximum absolute atomic E-state index is 14.2. The molecule has 0 amide bonds. The van der Waals surface area contributed by atoms with E-state index in [-0.39, 0.29) is 17.3 Å². The van der Waals surface area contributed by atoms with Crippen molar-refractivity contribution >= 4 is 0 Å². The van der Waals surface area contributed by atoms with E-state index in [4.69, 9.17) is 0 Å². The van der Waals surface area contributed by atoms with Crippen molar-refractivity contribution in [2.75, 3.05) is 6.54 Å². The molecular formula is C17H25F2N. The van der Waals surface area contributed by atoms with Crippen molar-refractivity contribution in [1.82, 2.24) is 5.32 Å². The summed E-state index contributed by atoms with van der Waals surface area (Å²) >= 11 is 0. The van der Waals surface area contributed by atoms with E-state index < -0.39 is 5.82 Å². The first-order valence-electron chi connectivity index (χ1n) is 7.56. The van der Waals surface area contributed by atoms with Gasteiger partial charge in [0.25, 0.3) is 0 Å². The molecule has 1 aliphatic carbocycles. The molecule has 0 radical (unpaired) electrons. The summed E-state index contributed by atoms with van der Waals surface area (Å²) in [6, 6.07) is 1.09. The van der Waals surface area contributed by atoms with Crippen LogP contribution in [0.1, 0.15) is 62.8 Å². The highest BCUT2D eigenvalue weighted by Crippen LogP contribution is 2.41. The lowest BCUT2D eigenvalue weighted by atomic mass is 9.82. The van der Waals surface area contributed by atoms with Gasteiger partial charge in [0.05, 0.1) is 0 Å². The number of rotatable bonds is 3. The number of nitrogens with one attached hydrogen (secondary N) is 1. The van der Waals surface area contributed by atoms with Gasteiger partial charge in [0.15, 0.2) is 0 Å². The summed E-state index contributed by atoms with van der Waals surface area (Å²) in [7, 11) is 0. The molecule has 0 saturated carbocycles. The third kappa shape index (κ3) is 3.03. The van der Waals surface area contributed by atoms with E-state index in [0.717, 1.165) is 37.4 Å². The zero-order valence-electron chi connectivity index (χ0n) is 12.9. The molecular weight excluding hydrogens is 256 g/mol. The summed E-state index contributed by atoms with van der Waals surface area (Å²) in [4.78, 5) is 0. The Balaban J connectivity index is 2.51. The molecule has 1 aromatic rings. The second kappa shape index (κ2) is 5.80. The van der Waals surface area contributed by atoms with Crippen molar-refractivity contribution in [3.05, 3.63) is 34.4 Å². The van der Waals surface area contributed by atoms with Gasteiger partial charge in [0.1, 0.15) is 11.6 Å². The summed E-state index contributed by atoms with van der Waals surface area (Å²) in [6.45, 7) is 9.17. The summed E-state index contributed by atoms with van der Waals surface area (Å²) in [5.74, 6) is -0.812. The van der Waals surface area contributed by atoms with Crippen LogP contribution in [0.4, 0.5) is 8.78 Å². The summed E-state index contributed by atoms with van der Waals surface area (Å²) in [5.41, 5.74) is 2.32. The zero-order chi connectivity index (χ0) is 14.9. The maximum atomic E-state index is 14.2. The SMILES string of the molecule is CCCNC1CC(C)(C)CCc2c(F)cc(F)c(C)c21. The predicted molar refractivity (Wildman–Crippen MR) is 78.8 cm³/mol. The highest BCUT2D eigenvalue weighted by atomic mass is 19.1. The van der Waals surface area contributed by atoms with Gasteiger partial charge in [-0.05, 0) is 61.3 Å². The number of halogens is 2. The van der Waals surface area contributed by atoms with Crippen LogP contribution in [0.5, 0.6) is 0 Å². The molecule has 0 saturated heterocycles. The summed E-state index contributed by atoms with van der Waals surface area (Å²) in [5, 5.41) is 3.49. The van der Waals surface area contributed by atoms with Crippen molar-refractivity contribution in [1.29, 1.82) is 0 Å². The Morgan fingerprint density at radius 3 is 2.65 bits per heavy atom. The number of fused-ring (bicyclic) bond motifs is 1. The maximum Gasteiger partial charge on any atom is 0.129 e. The standard InChI is InChI=1S/C17H25F2N/c1-5-8-20-15-10-17(3,4)7-6-12-14(19)9-13(18)11(2)16(12)15/h9,15,20H,5-8,10H2,1-4H3. The topological polar surface area (TPSA) is 12.0 Å². The second-order valence-corrected chi connectivity index (χ2v) is 6.73. The van der Waals surface area contributed by atoms with Crippen LogP contribution in [0, 0.1) is 24.0 Å². The van der Waals surface area contributed by atoms with Crippen molar-refractivity contribution in [3.63, 3.8) is 0 Å². The van der Waals surface area contributed by atoms with Crippen LogP contribution in [-0.4, -0.2) is 6.54 Å². The normalized spacial score (nSPS) is 21.4. The highest BCUT2D eigenvalue weighted by molar-refractivity contribution is 5.40. The lowest BCUT2D eigenvalue weighted by Gasteiger charge is -2.28. The van der Waals surface area contributed by atoms with Gasteiger partial charge in [-0.2, -0.15) is 0 Å². The van der Waals surface area contributed by atoms with Crippen molar-refractivity contribution in [2.45, 2.75) is 59.4 Å². The van der Waals surface area contributed by atoms with E-state index in [9.17, 15) is 8.78 Å². The minimum atomic E-state index is -0.427. The van der Waals surface area contributed by atoms with Gasteiger partial charge < -0.3 is 5.32 Å². The van der Waals surface area contributed by atoms with E-state index >= 15 is 0 Å². The van der Waals surface area contributed by atoms with Gasteiger partial charge in [0.2, 0.25) is 0 Å². The Kier molecular flexibility index (Phi) is 4.48.